The van der Waals surface area contributed by atoms with Gasteiger partial charge in [-0.3, -0.25) is 9.59 Å². The van der Waals surface area contributed by atoms with Crippen molar-refractivity contribution >= 4 is 39.1 Å². The van der Waals surface area contributed by atoms with Crippen molar-refractivity contribution in [2.24, 2.45) is 11.8 Å². The first-order chi connectivity index (χ1) is 7.99. The molecule has 1 aromatic heterocycles. The first-order valence-corrected chi connectivity index (χ1v) is 6.82. The summed E-state index contributed by atoms with van der Waals surface area (Å²) < 4.78 is 1.03. The van der Waals surface area contributed by atoms with E-state index in [-0.39, 0.29) is 11.8 Å². The Kier molecular flexibility index (Phi) is 3.53. The number of carbonyl (C=O) groups excluding carboxylic acids is 1. The van der Waals surface area contributed by atoms with Crippen molar-refractivity contribution in [3.8, 4) is 0 Å². The summed E-state index contributed by atoms with van der Waals surface area (Å²) in [6, 6.07) is 3.90. The lowest BCUT2D eigenvalue weighted by Gasteiger charge is -2.15. The van der Waals surface area contributed by atoms with Gasteiger partial charge in [-0.2, -0.15) is 0 Å². The summed E-state index contributed by atoms with van der Waals surface area (Å²) in [5, 5.41) is 8.77. The molecule has 2 atom stereocenters. The number of carbonyl (C=O) groups is 2. The third-order valence-electron chi connectivity index (χ3n) is 2.82. The monoisotopic (exact) mass is 317 g/mol. The molecule has 0 spiro atoms. The van der Waals surface area contributed by atoms with Gasteiger partial charge in [0.05, 0.1) is 22.2 Å². The fraction of sp³-hybridized carbons (Fsp3) is 0.455. The fourth-order valence-corrected chi connectivity index (χ4v) is 3.31. The highest BCUT2D eigenvalue weighted by Gasteiger charge is 2.49. The Bertz CT molecular complexity index is 459. The molecule has 1 N–H and O–H groups in total. The van der Waals surface area contributed by atoms with Crippen molar-refractivity contribution in [2.45, 2.75) is 13.0 Å². The van der Waals surface area contributed by atoms with Gasteiger partial charge < -0.3 is 10.0 Å². The van der Waals surface area contributed by atoms with Crippen LogP contribution in [0, 0.1) is 11.8 Å². The van der Waals surface area contributed by atoms with E-state index in [1.165, 1.54) is 0 Å². The van der Waals surface area contributed by atoms with Gasteiger partial charge in [-0.05, 0) is 34.5 Å². The standard InChI is InChI=1S/C11H12BrNO3S/c1-13(5-6-2-3-9(12)17-6)10(14)7-4-8(7)11(15)16/h2-3,7-8H,4-5H2,1H3,(H,15,16)/t7-,8+/m0/s1. The summed E-state index contributed by atoms with van der Waals surface area (Å²) in [7, 11) is 1.72. The van der Waals surface area contributed by atoms with E-state index >= 15 is 0 Å². The molecular weight excluding hydrogens is 306 g/mol. The van der Waals surface area contributed by atoms with Crippen LogP contribution >= 0.6 is 27.3 Å². The molecule has 17 heavy (non-hydrogen) atoms. The topological polar surface area (TPSA) is 57.6 Å². The number of rotatable bonds is 4. The van der Waals surface area contributed by atoms with Crippen molar-refractivity contribution in [2.75, 3.05) is 7.05 Å². The average molecular weight is 318 g/mol. The molecule has 0 saturated heterocycles. The van der Waals surface area contributed by atoms with Gasteiger partial charge in [0, 0.05) is 11.9 Å². The number of carboxylic acid groups (broad SMARTS) is 1. The summed E-state index contributed by atoms with van der Waals surface area (Å²) in [6.07, 6.45) is 0.479. The van der Waals surface area contributed by atoms with Gasteiger partial charge in [0.1, 0.15) is 0 Å². The Morgan fingerprint density at radius 1 is 1.53 bits per heavy atom. The van der Waals surface area contributed by atoms with Crippen molar-refractivity contribution in [1.82, 2.24) is 4.90 Å². The molecule has 0 bridgehead atoms. The molecule has 1 aromatic rings. The Labute approximate surface area is 111 Å². The molecule has 2 rings (SSSR count). The number of halogens is 1. The molecule has 6 heteroatoms. The predicted molar refractivity (Wildman–Crippen MR) is 67.7 cm³/mol. The fourth-order valence-electron chi connectivity index (χ4n) is 1.77. The quantitative estimate of drug-likeness (QED) is 0.926. The van der Waals surface area contributed by atoms with E-state index in [0.29, 0.717) is 13.0 Å². The van der Waals surface area contributed by atoms with E-state index in [1.807, 2.05) is 12.1 Å². The summed E-state index contributed by atoms with van der Waals surface area (Å²) in [6.45, 7) is 0.540. The molecule has 1 aliphatic carbocycles. The lowest BCUT2D eigenvalue weighted by Crippen LogP contribution is -2.28. The molecule has 92 valence electrons. The number of thiophene rings is 1. The maximum absolute atomic E-state index is 11.9. The zero-order chi connectivity index (χ0) is 12.6. The number of aliphatic carboxylic acids is 1. The summed E-state index contributed by atoms with van der Waals surface area (Å²) in [4.78, 5) is 25.3. The van der Waals surface area contributed by atoms with Crippen LogP contribution in [0.3, 0.4) is 0 Å². The van der Waals surface area contributed by atoms with Crippen molar-refractivity contribution in [1.29, 1.82) is 0 Å². The Balaban J connectivity index is 1.91. The first kappa shape index (κ1) is 12.6. The first-order valence-electron chi connectivity index (χ1n) is 5.21. The highest BCUT2D eigenvalue weighted by molar-refractivity contribution is 9.11. The van der Waals surface area contributed by atoms with Crippen molar-refractivity contribution in [3.05, 3.63) is 20.8 Å². The molecule has 4 nitrogen and oxygen atoms in total. The van der Waals surface area contributed by atoms with E-state index in [9.17, 15) is 9.59 Å². The second kappa shape index (κ2) is 4.78. The average Bonchev–Trinajstić information content (AvgIpc) is 2.96. The van der Waals surface area contributed by atoms with Crippen molar-refractivity contribution < 1.29 is 14.7 Å². The summed E-state index contributed by atoms with van der Waals surface area (Å²) in [5.74, 6) is -1.72. The molecule has 0 unspecified atom stereocenters. The number of carboxylic acids is 1. The predicted octanol–water partition coefficient (Wildman–Crippen LogP) is 2.19. The zero-order valence-corrected chi connectivity index (χ0v) is 11.6. The van der Waals surface area contributed by atoms with Crippen LogP contribution in [-0.4, -0.2) is 28.9 Å². The molecule has 1 aliphatic rings. The third-order valence-corrected chi connectivity index (χ3v) is 4.43. The number of hydrogen-bond donors (Lipinski definition) is 1. The van der Waals surface area contributed by atoms with E-state index in [2.05, 4.69) is 15.9 Å². The molecule has 0 aliphatic heterocycles. The van der Waals surface area contributed by atoms with Crippen LogP contribution in [0.4, 0.5) is 0 Å². The van der Waals surface area contributed by atoms with Gasteiger partial charge in [0.2, 0.25) is 5.91 Å². The molecule has 0 radical (unpaired) electrons. The van der Waals surface area contributed by atoms with E-state index in [0.717, 1.165) is 8.66 Å². The molecule has 1 heterocycles. The second-order valence-electron chi connectivity index (χ2n) is 4.19. The minimum absolute atomic E-state index is 0.0677. The minimum Gasteiger partial charge on any atom is -0.481 e. The largest absolute Gasteiger partial charge is 0.481 e. The van der Waals surface area contributed by atoms with Gasteiger partial charge in [0.15, 0.2) is 0 Å². The smallest absolute Gasteiger partial charge is 0.307 e. The summed E-state index contributed by atoms with van der Waals surface area (Å²) >= 11 is 4.95. The lowest BCUT2D eigenvalue weighted by atomic mass is 10.3. The lowest BCUT2D eigenvalue weighted by molar-refractivity contribution is -0.141. The summed E-state index contributed by atoms with van der Waals surface area (Å²) in [5.41, 5.74) is 0. The van der Waals surface area contributed by atoms with Crippen LogP contribution in [0.2, 0.25) is 0 Å². The molecule has 1 saturated carbocycles. The van der Waals surface area contributed by atoms with Gasteiger partial charge in [-0.25, -0.2) is 0 Å². The van der Waals surface area contributed by atoms with E-state index in [4.69, 9.17) is 5.11 Å². The van der Waals surface area contributed by atoms with Crippen molar-refractivity contribution in [3.63, 3.8) is 0 Å². The molecule has 0 aromatic carbocycles. The maximum Gasteiger partial charge on any atom is 0.307 e. The van der Waals surface area contributed by atoms with Gasteiger partial charge >= 0.3 is 5.97 Å². The van der Waals surface area contributed by atoms with Crippen LogP contribution < -0.4 is 0 Å². The van der Waals surface area contributed by atoms with Crippen LogP contribution in [0.1, 0.15) is 11.3 Å². The molecular formula is C11H12BrNO3S. The molecule has 1 amide bonds. The van der Waals surface area contributed by atoms with Crippen LogP contribution in [0.25, 0.3) is 0 Å². The molecule has 1 fully saturated rings. The van der Waals surface area contributed by atoms with E-state index < -0.39 is 11.9 Å². The van der Waals surface area contributed by atoms with Crippen LogP contribution in [-0.2, 0) is 16.1 Å². The Morgan fingerprint density at radius 3 is 2.71 bits per heavy atom. The van der Waals surface area contributed by atoms with Crippen LogP contribution in [0.15, 0.2) is 15.9 Å². The number of hydrogen-bond acceptors (Lipinski definition) is 3. The van der Waals surface area contributed by atoms with Crippen LogP contribution in [0.5, 0.6) is 0 Å². The van der Waals surface area contributed by atoms with Gasteiger partial charge in [-0.1, -0.05) is 0 Å². The zero-order valence-electron chi connectivity index (χ0n) is 9.22. The van der Waals surface area contributed by atoms with E-state index in [1.54, 1.807) is 23.3 Å². The number of nitrogens with zero attached hydrogens (tertiary/aromatic N) is 1. The van der Waals surface area contributed by atoms with Gasteiger partial charge in [-0.15, -0.1) is 11.3 Å². The Hall–Kier alpha value is -0.880. The minimum atomic E-state index is -0.865. The second-order valence-corrected chi connectivity index (χ2v) is 6.73. The normalized spacial score (nSPS) is 22.2. The Morgan fingerprint density at radius 2 is 2.24 bits per heavy atom. The number of amides is 1. The third kappa shape index (κ3) is 2.87. The van der Waals surface area contributed by atoms with Gasteiger partial charge in [0.25, 0.3) is 0 Å². The SMILES string of the molecule is CN(Cc1ccc(Br)s1)C(=O)[C@H]1C[C@H]1C(=O)O. The highest BCUT2D eigenvalue weighted by atomic mass is 79.9. The maximum atomic E-state index is 11.9. The highest BCUT2D eigenvalue weighted by Crippen LogP contribution is 2.40.